The van der Waals surface area contributed by atoms with Gasteiger partial charge in [0.25, 0.3) is 5.91 Å². The number of carbonyl (C=O) groups excluding carboxylic acids is 2. The Morgan fingerprint density at radius 1 is 1.10 bits per heavy atom. The molecule has 0 saturated carbocycles. The van der Waals surface area contributed by atoms with Crippen LogP contribution >= 0.6 is 0 Å². The number of nitrogens with one attached hydrogen (secondary N) is 2. The van der Waals surface area contributed by atoms with Gasteiger partial charge in [0.05, 0.1) is 25.2 Å². The lowest BCUT2D eigenvalue weighted by molar-refractivity contribution is -0.125. The van der Waals surface area contributed by atoms with Crippen molar-refractivity contribution >= 4 is 11.8 Å². The van der Waals surface area contributed by atoms with Crippen molar-refractivity contribution < 1.29 is 23.8 Å². The third kappa shape index (κ3) is 6.20. The average molecular weight is 413 g/mol. The van der Waals surface area contributed by atoms with Gasteiger partial charge in [-0.15, -0.1) is 0 Å². The Morgan fingerprint density at radius 3 is 2.53 bits per heavy atom. The molecule has 3 rings (SSSR count). The molecule has 0 aliphatic carbocycles. The van der Waals surface area contributed by atoms with Crippen LogP contribution in [0.2, 0.25) is 0 Å². The van der Waals surface area contributed by atoms with Crippen molar-refractivity contribution in [3.05, 3.63) is 77.9 Å². The zero-order valence-electron chi connectivity index (χ0n) is 16.3. The zero-order valence-corrected chi connectivity index (χ0v) is 16.3. The molecule has 0 spiro atoms. The van der Waals surface area contributed by atoms with Crippen LogP contribution in [0, 0.1) is 5.82 Å². The summed E-state index contributed by atoms with van der Waals surface area (Å²) in [4.78, 5) is 28.4. The van der Waals surface area contributed by atoms with E-state index in [-0.39, 0.29) is 18.9 Å². The van der Waals surface area contributed by atoms with Crippen molar-refractivity contribution in [2.24, 2.45) is 0 Å². The van der Waals surface area contributed by atoms with Crippen molar-refractivity contribution in [2.45, 2.75) is 31.1 Å². The second kappa shape index (κ2) is 10.6. The van der Waals surface area contributed by atoms with E-state index in [1.54, 1.807) is 24.5 Å². The van der Waals surface area contributed by atoms with Crippen LogP contribution in [-0.2, 0) is 16.0 Å². The van der Waals surface area contributed by atoms with Gasteiger partial charge in [0.15, 0.2) is 0 Å². The molecule has 8 heteroatoms. The zero-order chi connectivity index (χ0) is 21.3. The molecule has 30 heavy (non-hydrogen) atoms. The maximum Gasteiger partial charge on any atom is 0.251 e. The number of nitrogens with zero attached hydrogens (tertiary/aromatic N) is 1. The van der Waals surface area contributed by atoms with E-state index in [9.17, 15) is 19.1 Å². The Hall–Kier alpha value is -3.10. The van der Waals surface area contributed by atoms with E-state index in [1.807, 2.05) is 12.1 Å². The number of amides is 2. The van der Waals surface area contributed by atoms with Gasteiger partial charge in [0, 0.05) is 24.5 Å². The normalized spacial score (nSPS) is 20.5. The van der Waals surface area contributed by atoms with Gasteiger partial charge in [0.2, 0.25) is 5.91 Å². The molecule has 158 valence electrons. The number of aliphatic hydroxyl groups is 1. The van der Waals surface area contributed by atoms with Crippen LogP contribution in [0.1, 0.15) is 22.3 Å². The summed E-state index contributed by atoms with van der Waals surface area (Å²) in [5.41, 5.74) is 1.39. The summed E-state index contributed by atoms with van der Waals surface area (Å²) in [6.45, 7) is 0.179. The number of hydrogen-bond acceptors (Lipinski definition) is 5. The van der Waals surface area contributed by atoms with E-state index in [0.29, 0.717) is 18.5 Å². The van der Waals surface area contributed by atoms with Crippen LogP contribution in [0.25, 0.3) is 0 Å². The van der Waals surface area contributed by atoms with Crippen LogP contribution in [-0.4, -0.2) is 53.3 Å². The highest BCUT2D eigenvalue weighted by Gasteiger charge is 2.29. The molecule has 1 aliphatic rings. The maximum absolute atomic E-state index is 13.0. The molecule has 3 atom stereocenters. The highest BCUT2D eigenvalue weighted by Crippen LogP contribution is 2.16. The van der Waals surface area contributed by atoms with E-state index in [2.05, 4.69) is 15.6 Å². The number of halogens is 1. The van der Waals surface area contributed by atoms with Crippen LogP contribution in [0.4, 0.5) is 4.39 Å². The minimum absolute atomic E-state index is 0.113. The Bertz CT molecular complexity index is 874. The molecule has 2 aromatic rings. The molecular weight excluding hydrogens is 389 g/mol. The standard InChI is InChI=1S/C22H24FN3O4/c23-17-3-1-16(2-4-17)22(29)26-19-6-5-18(30-20(19)14-27)13-21(28)25-12-9-15-7-10-24-11-8-15/h1-8,10-11,18-20,27H,9,12-14H2,(H,25,28)(H,26,29)/t18-,19+,20+/m1/s1. The summed E-state index contributed by atoms with van der Waals surface area (Å²) in [6, 6.07) is 8.40. The van der Waals surface area contributed by atoms with Gasteiger partial charge in [-0.3, -0.25) is 14.6 Å². The van der Waals surface area contributed by atoms with Gasteiger partial charge < -0.3 is 20.5 Å². The quantitative estimate of drug-likeness (QED) is 0.568. The van der Waals surface area contributed by atoms with E-state index in [4.69, 9.17) is 4.74 Å². The van der Waals surface area contributed by atoms with Crippen molar-refractivity contribution in [1.82, 2.24) is 15.6 Å². The summed E-state index contributed by atoms with van der Waals surface area (Å²) in [5, 5.41) is 15.2. The van der Waals surface area contributed by atoms with Crippen molar-refractivity contribution in [3.8, 4) is 0 Å². The van der Waals surface area contributed by atoms with Crippen LogP contribution in [0.3, 0.4) is 0 Å². The summed E-state index contributed by atoms with van der Waals surface area (Å²) < 4.78 is 18.8. The Labute approximate surface area is 174 Å². The van der Waals surface area contributed by atoms with Crippen LogP contribution < -0.4 is 10.6 Å². The fourth-order valence-corrected chi connectivity index (χ4v) is 3.12. The third-order valence-electron chi connectivity index (χ3n) is 4.74. The van der Waals surface area contributed by atoms with E-state index < -0.39 is 30.0 Å². The maximum atomic E-state index is 13.0. The number of aromatic nitrogens is 1. The predicted octanol–water partition coefficient (Wildman–Crippen LogP) is 1.38. The van der Waals surface area contributed by atoms with Gasteiger partial charge in [-0.05, 0) is 48.4 Å². The van der Waals surface area contributed by atoms with Gasteiger partial charge in [-0.25, -0.2) is 4.39 Å². The summed E-state index contributed by atoms with van der Waals surface area (Å²) in [6.07, 6.45) is 6.45. The molecule has 0 bridgehead atoms. The molecule has 2 heterocycles. The number of hydrogen-bond donors (Lipinski definition) is 3. The first-order chi connectivity index (χ1) is 14.5. The van der Waals surface area contributed by atoms with Gasteiger partial charge in [0.1, 0.15) is 11.9 Å². The molecule has 0 radical (unpaired) electrons. The Kier molecular flexibility index (Phi) is 7.64. The monoisotopic (exact) mass is 413 g/mol. The van der Waals surface area contributed by atoms with Crippen molar-refractivity contribution in [1.29, 1.82) is 0 Å². The van der Waals surface area contributed by atoms with Gasteiger partial charge in [-0.1, -0.05) is 12.2 Å². The highest BCUT2D eigenvalue weighted by molar-refractivity contribution is 5.94. The smallest absolute Gasteiger partial charge is 0.251 e. The molecule has 0 saturated heterocycles. The highest BCUT2D eigenvalue weighted by atomic mass is 19.1. The lowest BCUT2D eigenvalue weighted by atomic mass is 10.0. The summed E-state index contributed by atoms with van der Waals surface area (Å²) >= 11 is 0. The molecular formula is C22H24FN3O4. The molecule has 1 aromatic carbocycles. The fraction of sp³-hybridized carbons (Fsp3) is 0.318. The second-order valence-electron chi connectivity index (χ2n) is 6.95. The first-order valence-corrected chi connectivity index (χ1v) is 9.72. The SMILES string of the molecule is O=C(C[C@H]1C=C[C@H](NC(=O)c2ccc(F)cc2)[C@H](CO)O1)NCCc1ccncc1. The number of rotatable bonds is 8. The lowest BCUT2D eigenvalue weighted by Crippen LogP contribution is -2.49. The number of benzene rings is 1. The first kappa shape index (κ1) is 21.6. The van der Waals surface area contributed by atoms with E-state index >= 15 is 0 Å². The average Bonchev–Trinajstić information content (AvgIpc) is 2.76. The molecule has 1 aromatic heterocycles. The molecule has 3 N–H and O–H groups in total. The topological polar surface area (TPSA) is 101 Å². The Morgan fingerprint density at radius 2 is 1.83 bits per heavy atom. The molecule has 2 amide bonds. The third-order valence-corrected chi connectivity index (χ3v) is 4.74. The summed E-state index contributed by atoms with van der Waals surface area (Å²) in [7, 11) is 0. The van der Waals surface area contributed by atoms with E-state index in [1.165, 1.54) is 24.3 Å². The largest absolute Gasteiger partial charge is 0.394 e. The van der Waals surface area contributed by atoms with Crippen molar-refractivity contribution in [3.63, 3.8) is 0 Å². The fourth-order valence-electron chi connectivity index (χ4n) is 3.12. The second-order valence-corrected chi connectivity index (χ2v) is 6.95. The van der Waals surface area contributed by atoms with Gasteiger partial charge in [-0.2, -0.15) is 0 Å². The Balaban J connectivity index is 1.48. The number of aliphatic hydroxyl groups excluding tert-OH is 1. The van der Waals surface area contributed by atoms with Crippen LogP contribution in [0.15, 0.2) is 60.9 Å². The molecule has 0 unspecified atom stereocenters. The van der Waals surface area contributed by atoms with Crippen molar-refractivity contribution in [2.75, 3.05) is 13.2 Å². The predicted molar refractivity (Wildman–Crippen MR) is 108 cm³/mol. The molecule has 1 aliphatic heterocycles. The molecule has 0 fully saturated rings. The number of pyridine rings is 1. The van der Waals surface area contributed by atoms with Gasteiger partial charge >= 0.3 is 0 Å². The summed E-state index contributed by atoms with van der Waals surface area (Å²) in [5.74, 6) is -0.995. The minimum Gasteiger partial charge on any atom is -0.394 e. The minimum atomic E-state index is -0.686. The first-order valence-electron chi connectivity index (χ1n) is 9.72. The van der Waals surface area contributed by atoms with E-state index in [0.717, 1.165) is 5.56 Å². The van der Waals surface area contributed by atoms with Crippen LogP contribution in [0.5, 0.6) is 0 Å². The molecule has 7 nitrogen and oxygen atoms in total. The number of ether oxygens (including phenoxy) is 1. The lowest BCUT2D eigenvalue weighted by Gasteiger charge is -2.31. The number of carbonyl (C=O) groups is 2.